The van der Waals surface area contributed by atoms with Crippen molar-refractivity contribution in [1.29, 1.82) is 0 Å². The van der Waals surface area contributed by atoms with E-state index in [0.717, 1.165) is 37.4 Å². The first-order valence-electron chi connectivity index (χ1n) is 11.1. The van der Waals surface area contributed by atoms with Crippen LogP contribution in [0.15, 0.2) is 35.4 Å². The minimum Gasteiger partial charge on any atom is -0.394 e. The summed E-state index contributed by atoms with van der Waals surface area (Å²) in [6, 6.07) is 8.29. The normalized spacial score (nSPS) is 27.6. The van der Waals surface area contributed by atoms with Crippen molar-refractivity contribution in [3.8, 4) is 0 Å². The molecule has 6 nitrogen and oxygen atoms in total. The van der Waals surface area contributed by atoms with E-state index in [1.807, 2.05) is 12.1 Å². The first kappa shape index (κ1) is 21.2. The lowest BCUT2D eigenvalue weighted by Gasteiger charge is -2.41. The van der Waals surface area contributed by atoms with Gasteiger partial charge in [0.1, 0.15) is 5.82 Å². The molecule has 0 radical (unpaired) electrons. The molecule has 2 aromatic rings. The molecule has 5 rings (SSSR count). The smallest absolute Gasteiger partial charge is 0.227 e. The molecule has 166 valence electrons. The number of hydrogen-bond donors (Lipinski definition) is 2. The molecule has 2 N–H and O–H groups in total. The van der Waals surface area contributed by atoms with E-state index in [0.29, 0.717) is 34.4 Å². The molecular weight excluding hydrogens is 432 g/mol. The molecule has 3 atom stereocenters. The van der Waals surface area contributed by atoms with Crippen molar-refractivity contribution in [3.05, 3.63) is 41.0 Å². The van der Waals surface area contributed by atoms with Crippen LogP contribution >= 0.6 is 11.6 Å². The van der Waals surface area contributed by atoms with Crippen LogP contribution in [-0.4, -0.2) is 50.8 Å². The summed E-state index contributed by atoms with van der Waals surface area (Å²) in [7, 11) is -1.19. The monoisotopic (exact) mass is 460 g/mol. The Bertz CT molecular complexity index is 963. The average Bonchev–Trinajstić information content (AvgIpc) is 3.30. The van der Waals surface area contributed by atoms with Gasteiger partial charge in [0.2, 0.25) is 5.95 Å². The molecule has 2 saturated carbocycles. The molecule has 2 unspecified atom stereocenters. The number of nitrogens with one attached hydrogen (secondary N) is 1. The van der Waals surface area contributed by atoms with E-state index in [9.17, 15) is 9.32 Å². The maximum absolute atomic E-state index is 12.2. The van der Waals surface area contributed by atoms with Gasteiger partial charge in [-0.1, -0.05) is 23.7 Å². The van der Waals surface area contributed by atoms with E-state index in [1.54, 1.807) is 12.5 Å². The molecule has 2 aliphatic carbocycles. The second-order valence-corrected chi connectivity index (χ2v) is 11.2. The Labute approximate surface area is 190 Å². The molecule has 0 bridgehead atoms. The predicted molar refractivity (Wildman–Crippen MR) is 124 cm³/mol. The Morgan fingerprint density at radius 2 is 1.90 bits per heavy atom. The summed E-state index contributed by atoms with van der Waals surface area (Å²) in [5.41, 5.74) is 1.05. The van der Waals surface area contributed by atoms with Crippen molar-refractivity contribution in [2.45, 2.75) is 48.5 Å². The third-order valence-electron chi connectivity index (χ3n) is 7.42. The molecule has 1 aromatic heterocycles. The lowest BCUT2D eigenvalue weighted by molar-refractivity contribution is 0.143. The third kappa shape index (κ3) is 4.08. The van der Waals surface area contributed by atoms with Gasteiger partial charge in [-0.2, -0.15) is 4.98 Å². The highest BCUT2D eigenvalue weighted by molar-refractivity contribution is 7.84. The number of nitrogens with zero attached hydrogens (tertiary/aromatic N) is 3. The van der Waals surface area contributed by atoms with E-state index in [-0.39, 0.29) is 12.1 Å². The Kier molecular flexibility index (Phi) is 5.69. The second-order valence-electron chi connectivity index (χ2n) is 9.40. The van der Waals surface area contributed by atoms with Crippen LogP contribution in [0.1, 0.15) is 43.6 Å². The summed E-state index contributed by atoms with van der Waals surface area (Å²) < 4.78 is 12.2. The number of fused-ring (bicyclic) bond motifs is 1. The second kappa shape index (κ2) is 8.34. The molecule has 0 amide bonds. The number of hydrogen-bond acceptors (Lipinski definition) is 6. The van der Waals surface area contributed by atoms with Crippen LogP contribution in [0, 0.1) is 11.8 Å². The summed E-state index contributed by atoms with van der Waals surface area (Å²) >= 11 is 6.05. The standard InChI is InChI=1S/C23H29ClN4O2S/c1-31(30)20-11-25-22(26-21(20)27-23(14-29)7-2-8-23)28-12-17-9-16(10-18(17)13-28)15-3-5-19(24)6-4-15/h3-6,11,16-18,29H,2,7-10,12-14H2,1H3,(H,25,26,27)/t16?,17?,18?,31-/m0/s1. The van der Waals surface area contributed by atoms with Gasteiger partial charge in [-0.15, -0.1) is 0 Å². The number of aromatic nitrogens is 2. The fourth-order valence-electron chi connectivity index (χ4n) is 5.46. The Morgan fingerprint density at radius 3 is 2.45 bits per heavy atom. The maximum Gasteiger partial charge on any atom is 0.227 e. The number of halogens is 1. The Hall–Kier alpha value is -1.70. The maximum atomic E-state index is 12.2. The molecule has 1 aliphatic heterocycles. The fraction of sp³-hybridized carbons (Fsp3) is 0.565. The van der Waals surface area contributed by atoms with Crippen molar-refractivity contribution in [1.82, 2.24) is 9.97 Å². The van der Waals surface area contributed by atoms with Gasteiger partial charge in [-0.05, 0) is 67.6 Å². The summed E-state index contributed by atoms with van der Waals surface area (Å²) in [6.07, 6.45) is 8.58. The molecule has 2 heterocycles. The van der Waals surface area contributed by atoms with E-state index in [1.165, 1.54) is 18.4 Å². The highest BCUT2D eigenvalue weighted by atomic mass is 35.5. The first-order chi connectivity index (χ1) is 15.0. The molecule has 8 heteroatoms. The van der Waals surface area contributed by atoms with Gasteiger partial charge in [0.25, 0.3) is 0 Å². The lowest BCUT2D eigenvalue weighted by atomic mass is 9.77. The summed E-state index contributed by atoms with van der Waals surface area (Å²) in [4.78, 5) is 12.2. The molecule has 31 heavy (non-hydrogen) atoms. The zero-order chi connectivity index (χ0) is 21.6. The molecule has 0 spiro atoms. The van der Waals surface area contributed by atoms with E-state index in [4.69, 9.17) is 16.6 Å². The zero-order valence-electron chi connectivity index (χ0n) is 17.8. The van der Waals surface area contributed by atoms with Crippen molar-refractivity contribution < 1.29 is 9.32 Å². The van der Waals surface area contributed by atoms with Crippen molar-refractivity contribution in [3.63, 3.8) is 0 Å². The summed E-state index contributed by atoms with van der Waals surface area (Å²) in [5, 5.41) is 14.0. The number of rotatable bonds is 6. The van der Waals surface area contributed by atoms with Gasteiger partial charge in [-0.3, -0.25) is 4.21 Å². The van der Waals surface area contributed by atoms with Gasteiger partial charge in [-0.25, -0.2) is 4.98 Å². The van der Waals surface area contributed by atoms with Crippen LogP contribution in [0.5, 0.6) is 0 Å². The highest BCUT2D eigenvalue weighted by Gasteiger charge is 2.42. The minimum absolute atomic E-state index is 0.0576. The van der Waals surface area contributed by atoms with E-state index in [2.05, 4.69) is 27.3 Å². The van der Waals surface area contributed by atoms with Gasteiger partial charge in [0.05, 0.1) is 34.0 Å². The topological polar surface area (TPSA) is 78.4 Å². The summed E-state index contributed by atoms with van der Waals surface area (Å²) in [6.45, 7) is 1.96. The first-order valence-corrected chi connectivity index (χ1v) is 13.0. The minimum atomic E-state index is -1.19. The quantitative estimate of drug-likeness (QED) is 0.682. The van der Waals surface area contributed by atoms with Gasteiger partial charge >= 0.3 is 0 Å². The molecular formula is C23H29ClN4O2S. The van der Waals surface area contributed by atoms with Crippen LogP contribution in [-0.2, 0) is 10.8 Å². The Morgan fingerprint density at radius 1 is 1.23 bits per heavy atom. The Balaban J connectivity index is 1.31. The number of aliphatic hydroxyl groups is 1. The number of anilines is 2. The van der Waals surface area contributed by atoms with E-state index < -0.39 is 10.8 Å². The summed E-state index contributed by atoms with van der Waals surface area (Å²) in [5.74, 6) is 3.17. The van der Waals surface area contributed by atoms with Crippen LogP contribution in [0.25, 0.3) is 0 Å². The fourth-order valence-corrected chi connectivity index (χ4v) is 6.16. The van der Waals surface area contributed by atoms with Crippen molar-refractivity contribution in [2.75, 3.05) is 36.2 Å². The van der Waals surface area contributed by atoms with Crippen LogP contribution in [0.4, 0.5) is 11.8 Å². The number of benzene rings is 1. The zero-order valence-corrected chi connectivity index (χ0v) is 19.3. The molecule has 3 aliphatic rings. The van der Waals surface area contributed by atoms with Gasteiger partial charge in [0.15, 0.2) is 0 Å². The van der Waals surface area contributed by atoms with Crippen molar-refractivity contribution in [2.24, 2.45) is 11.8 Å². The van der Waals surface area contributed by atoms with Crippen LogP contribution in [0.2, 0.25) is 5.02 Å². The highest BCUT2D eigenvalue weighted by Crippen LogP contribution is 2.47. The van der Waals surface area contributed by atoms with Crippen LogP contribution < -0.4 is 10.2 Å². The molecule has 3 fully saturated rings. The van der Waals surface area contributed by atoms with E-state index >= 15 is 0 Å². The van der Waals surface area contributed by atoms with Crippen molar-refractivity contribution >= 4 is 34.2 Å². The van der Waals surface area contributed by atoms with Crippen LogP contribution in [0.3, 0.4) is 0 Å². The van der Waals surface area contributed by atoms with Gasteiger partial charge < -0.3 is 15.3 Å². The predicted octanol–water partition coefficient (Wildman–Crippen LogP) is 3.82. The third-order valence-corrected chi connectivity index (χ3v) is 8.59. The largest absolute Gasteiger partial charge is 0.394 e. The SMILES string of the molecule is C[S@](=O)c1cnc(N2CC3CC(c4ccc(Cl)cc4)CC3C2)nc1NC1(CO)CCC1. The average molecular weight is 461 g/mol. The van der Waals surface area contributed by atoms with Gasteiger partial charge in [0, 0.05) is 24.4 Å². The molecule has 1 aromatic carbocycles. The number of aliphatic hydroxyl groups excluding tert-OH is 1. The molecule has 1 saturated heterocycles. The lowest BCUT2D eigenvalue weighted by Crippen LogP contribution is -2.48.